The second kappa shape index (κ2) is 2.01. The minimum atomic E-state index is 0.444. The summed E-state index contributed by atoms with van der Waals surface area (Å²) in [5, 5.41) is 0.444. The summed E-state index contributed by atoms with van der Waals surface area (Å²) in [5.41, 5.74) is 0. The van der Waals surface area contributed by atoms with E-state index in [0.717, 1.165) is 0 Å². The van der Waals surface area contributed by atoms with Crippen LogP contribution in [-0.4, -0.2) is 9.55 Å². The Bertz CT molecular complexity index is 192. The Morgan fingerprint density at radius 3 is 2.88 bits per heavy atom. The van der Waals surface area contributed by atoms with E-state index in [2.05, 4.69) is 11.6 Å². The Labute approximate surface area is 52.4 Å². The van der Waals surface area contributed by atoms with Gasteiger partial charge in [-0.3, -0.25) is 4.57 Å². The molecule has 0 amide bonds. The lowest BCUT2D eigenvalue weighted by molar-refractivity contribution is 1.14. The monoisotopic (exact) mass is 128 g/mol. The van der Waals surface area contributed by atoms with Crippen LogP contribution in [0.1, 0.15) is 0 Å². The first-order chi connectivity index (χ1) is 3.84. The van der Waals surface area contributed by atoms with Crippen LogP contribution in [0.25, 0.3) is 6.20 Å². The van der Waals surface area contributed by atoms with Crippen LogP contribution in [-0.2, 0) is 0 Å². The van der Waals surface area contributed by atoms with Gasteiger partial charge in [0, 0.05) is 18.6 Å². The molecule has 0 aliphatic carbocycles. The van der Waals surface area contributed by atoms with E-state index in [-0.39, 0.29) is 0 Å². The molecule has 1 rings (SSSR count). The molecule has 3 heteroatoms. The molecule has 0 radical (unpaired) electrons. The molecule has 0 spiro atoms. The third kappa shape index (κ3) is 0.746. The summed E-state index contributed by atoms with van der Waals surface area (Å²) < 4.78 is 1.63. The van der Waals surface area contributed by atoms with Gasteiger partial charge in [-0.15, -0.1) is 0 Å². The maximum atomic E-state index is 5.52. The molecule has 42 valence electrons. The molecule has 0 N–H and O–H groups in total. The molecule has 0 atom stereocenters. The summed E-state index contributed by atoms with van der Waals surface area (Å²) in [4.78, 5) is 3.74. The van der Waals surface area contributed by atoms with Crippen molar-refractivity contribution in [3.63, 3.8) is 0 Å². The van der Waals surface area contributed by atoms with Gasteiger partial charge in [-0.1, -0.05) is 6.58 Å². The van der Waals surface area contributed by atoms with Crippen LogP contribution in [0.2, 0.25) is 5.28 Å². The number of rotatable bonds is 1. The number of imidazole rings is 1. The lowest BCUT2D eigenvalue weighted by Crippen LogP contribution is -1.79. The summed E-state index contributed by atoms with van der Waals surface area (Å²) >= 11 is 5.52. The first-order valence-electron chi connectivity index (χ1n) is 2.15. The van der Waals surface area contributed by atoms with Crippen molar-refractivity contribution in [3.8, 4) is 0 Å². The van der Waals surface area contributed by atoms with Crippen LogP contribution in [0.4, 0.5) is 0 Å². The molecular weight excluding hydrogens is 124 g/mol. The molecule has 0 unspecified atom stereocenters. The van der Waals surface area contributed by atoms with E-state index in [1.807, 2.05) is 0 Å². The van der Waals surface area contributed by atoms with Crippen molar-refractivity contribution >= 4 is 17.8 Å². The third-order valence-corrected chi connectivity index (χ3v) is 1.11. The number of hydrogen-bond acceptors (Lipinski definition) is 1. The maximum Gasteiger partial charge on any atom is 0.206 e. The molecule has 0 aliphatic rings. The highest BCUT2D eigenvalue weighted by Crippen LogP contribution is 2.02. The Morgan fingerprint density at radius 2 is 2.62 bits per heavy atom. The minimum Gasteiger partial charge on any atom is -0.298 e. The zero-order valence-electron chi connectivity index (χ0n) is 4.21. The van der Waals surface area contributed by atoms with Crippen LogP contribution >= 0.6 is 11.6 Å². The van der Waals surface area contributed by atoms with Crippen molar-refractivity contribution in [2.24, 2.45) is 0 Å². The average Bonchev–Trinajstić information content (AvgIpc) is 2.14. The van der Waals surface area contributed by atoms with Gasteiger partial charge in [-0.05, 0) is 11.6 Å². The fourth-order valence-corrected chi connectivity index (χ4v) is 0.613. The highest BCUT2D eigenvalue weighted by molar-refractivity contribution is 6.28. The number of aromatic nitrogens is 2. The predicted molar refractivity (Wildman–Crippen MR) is 33.6 cm³/mol. The van der Waals surface area contributed by atoms with Gasteiger partial charge in [0.15, 0.2) is 0 Å². The molecule has 0 saturated carbocycles. The molecule has 0 fully saturated rings. The lowest BCUT2D eigenvalue weighted by Gasteiger charge is -1.87. The van der Waals surface area contributed by atoms with E-state index >= 15 is 0 Å². The molecule has 1 aromatic heterocycles. The second-order valence-electron chi connectivity index (χ2n) is 1.29. The molecule has 1 heterocycles. The summed E-state index contributed by atoms with van der Waals surface area (Å²) in [5.74, 6) is 0. The Balaban J connectivity index is 3.09. The quantitative estimate of drug-likeness (QED) is 0.562. The highest BCUT2D eigenvalue weighted by atomic mass is 35.5. The van der Waals surface area contributed by atoms with Gasteiger partial charge in [0.2, 0.25) is 5.28 Å². The average molecular weight is 129 g/mol. The smallest absolute Gasteiger partial charge is 0.206 e. The van der Waals surface area contributed by atoms with E-state index in [1.54, 1.807) is 23.2 Å². The molecule has 8 heavy (non-hydrogen) atoms. The molecule has 0 aromatic carbocycles. The minimum absolute atomic E-state index is 0.444. The van der Waals surface area contributed by atoms with Crippen molar-refractivity contribution in [1.29, 1.82) is 0 Å². The van der Waals surface area contributed by atoms with E-state index in [9.17, 15) is 0 Å². The molecular formula is C5H5ClN2. The number of nitrogens with zero attached hydrogens (tertiary/aromatic N) is 2. The predicted octanol–water partition coefficient (Wildman–Crippen LogP) is 1.64. The zero-order chi connectivity index (χ0) is 5.98. The van der Waals surface area contributed by atoms with E-state index in [4.69, 9.17) is 11.6 Å². The first-order valence-corrected chi connectivity index (χ1v) is 2.53. The van der Waals surface area contributed by atoms with Crippen molar-refractivity contribution in [2.75, 3.05) is 0 Å². The molecule has 0 aliphatic heterocycles. The Hall–Kier alpha value is -0.760. The molecule has 0 saturated heterocycles. The SMILES string of the molecule is C=Cn1ccnc1Cl. The normalized spacial score (nSPS) is 9.12. The summed E-state index contributed by atoms with van der Waals surface area (Å²) in [6.45, 7) is 3.50. The maximum absolute atomic E-state index is 5.52. The molecule has 1 aromatic rings. The molecule has 0 bridgehead atoms. The van der Waals surface area contributed by atoms with Gasteiger partial charge in [0.1, 0.15) is 0 Å². The lowest BCUT2D eigenvalue weighted by atomic mass is 10.9. The van der Waals surface area contributed by atoms with Crippen LogP contribution in [0.5, 0.6) is 0 Å². The van der Waals surface area contributed by atoms with E-state index < -0.39 is 0 Å². The van der Waals surface area contributed by atoms with Crippen molar-refractivity contribution in [3.05, 3.63) is 24.3 Å². The van der Waals surface area contributed by atoms with Crippen LogP contribution in [0.3, 0.4) is 0 Å². The van der Waals surface area contributed by atoms with Gasteiger partial charge >= 0.3 is 0 Å². The summed E-state index contributed by atoms with van der Waals surface area (Å²) in [6.07, 6.45) is 4.94. The largest absolute Gasteiger partial charge is 0.298 e. The number of halogens is 1. The standard InChI is InChI=1S/C5H5ClN2/c1-2-8-4-3-7-5(8)6/h2-4H,1H2. The summed E-state index contributed by atoms with van der Waals surface area (Å²) in [6, 6.07) is 0. The van der Waals surface area contributed by atoms with Crippen molar-refractivity contribution in [2.45, 2.75) is 0 Å². The van der Waals surface area contributed by atoms with E-state index in [0.29, 0.717) is 5.28 Å². The van der Waals surface area contributed by atoms with Gasteiger partial charge in [-0.2, -0.15) is 0 Å². The third-order valence-electron chi connectivity index (χ3n) is 0.818. The van der Waals surface area contributed by atoms with Crippen LogP contribution in [0, 0.1) is 0 Å². The van der Waals surface area contributed by atoms with Crippen LogP contribution in [0.15, 0.2) is 19.0 Å². The second-order valence-corrected chi connectivity index (χ2v) is 1.62. The highest BCUT2D eigenvalue weighted by Gasteiger charge is 1.89. The van der Waals surface area contributed by atoms with Gasteiger partial charge < -0.3 is 0 Å². The summed E-state index contributed by atoms with van der Waals surface area (Å²) in [7, 11) is 0. The van der Waals surface area contributed by atoms with Crippen molar-refractivity contribution in [1.82, 2.24) is 9.55 Å². The van der Waals surface area contributed by atoms with Gasteiger partial charge in [0.05, 0.1) is 0 Å². The van der Waals surface area contributed by atoms with Crippen LogP contribution < -0.4 is 0 Å². The zero-order valence-corrected chi connectivity index (χ0v) is 4.97. The topological polar surface area (TPSA) is 17.8 Å². The fourth-order valence-electron chi connectivity index (χ4n) is 0.431. The number of hydrogen-bond donors (Lipinski definition) is 0. The fraction of sp³-hybridized carbons (Fsp3) is 0. The first kappa shape index (κ1) is 5.38. The van der Waals surface area contributed by atoms with Gasteiger partial charge in [0.25, 0.3) is 0 Å². The molecule has 2 nitrogen and oxygen atoms in total. The van der Waals surface area contributed by atoms with Crippen molar-refractivity contribution < 1.29 is 0 Å². The van der Waals surface area contributed by atoms with E-state index in [1.165, 1.54) is 0 Å². The Kier molecular flexibility index (Phi) is 1.35. The van der Waals surface area contributed by atoms with Gasteiger partial charge in [-0.25, -0.2) is 4.98 Å². The Morgan fingerprint density at radius 1 is 1.88 bits per heavy atom.